The minimum atomic E-state index is -0.610. The van der Waals surface area contributed by atoms with Crippen molar-refractivity contribution in [3.8, 4) is 5.75 Å². The maximum Gasteiger partial charge on any atom is 0.326 e. The number of fused-ring (bicyclic) bond motifs is 1. The van der Waals surface area contributed by atoms with Gasteiger partial charge in [-0.1, -0.05) is 12.5 Å². The molecule has 9 nitrogen and oxygen atoms in total. The first kappa shape index (κ1) is 24.7. The highest BCUT2D eigenvalue weighted by Gasteiger charge is 2.21. The summed E-state index contributed by atoms with van der Waals surface area (Å²) in [5, 5.41) is 10.4. The summed E-state index contributed by atoms with van der Waals surface area (Å²) in [5.41, 5.74) is 3.13. The van der Waals surface area contributed by atoms with E-state index in [1.807, 2.05) is 33.9 Å². The third-order valence-electron chi connectivity index (χ3n) is 6.13. The van der Waals surface area contributed by atoms with Crippen molar-refractivity contribution in [1.29, 1.82) is 0 Å². The first-order chi connectivity index (χ1) is 16.8. The van der Waals surface area contributed by atoms with Gasteiger partial charge in [0.2, 0.25) is 0 Å². The summed E-state index contributed by atoms with van der Waals surface area (Å²) in [6, 6.07) is 8.27. The van der Waals surface area contributed by atoms with Crippen molar-refractivity contribution in [1.82, 2.24) is 25.0 Å². The Morgan fingerprint density at radius 3 is 2.66 bits per heavy atom. The lowest BCUT2D eigenvalue weighted by molar-refractivity contribution is 0.0965. The number of carbonyl (C=O) groups is 2. The minimum absolute atomic E-state index is 0.0161. The average molecular weight is 479 g/mol. The van der Waals surface area contributed by atoms with Gasteiger partial charge in [-0.15, -0.1) is 0 Å². The highest BCUT2D eigenvalue weighted by atomic mass is 16.5. The van der Waals surface area contributed by atoms with Gasteiger partial charge >= 0.3 is 6.03 Å². The molecule has 4 rings (SSSR count). The number of ether oxygens (including phenoxy) is 1. The molecule has 1 aliphatic heterocycles. The maximum atomic E-state index is 13.2. The molecule has 0 spiro atoms. The molecular weight excluding hydrogens is 444 g/mol. The standard InChI is InChI=1S/C26H34N6O3/c1-17(2)35-20-10-8-9-19(15-20)27-26(34)29-25(33)22-16-21-18(3)30-31(4)24(21)28-23(22)11-14-32-12-6-5-7-13-32/h8-10,15-17H,5-7,11-14H2,1-4H3,(H2,27,29,33,34). The molecule has 1 fully saturated rings. The van der Waals surface area contributed by atoms with Crippen LogP contribution in [0.5, 0.6) is 5.75 Å². The Kier molecular flexibility index (Phi) is 7.65. The molecule has 3 heterocycles. The van der Waals surface area contributed by atoms with Crippen LogP contribution < -0.4 is 15.4 Å². The maximum absolute atomic E-state index is 13.2. The number of amides is 3. The Labute approximate surface area is 205 Å². The summed E-state index contributed by atoms with van der Waals surface area (Å²) in [7, 11) is 1.85. The van der Waals surface area contributed by atoms with Crippen LogP contribution in [0.2, 0.25) is 0 Å². The van der Waals surface area contributed by atoms with Crippen LogP contribution in [0, 0.1) is 6.92 Å². The molecule has 2 N–H and O–H groups in total. The summed E-state index contributed by atoms with van der Waals surface area (Å²) in [4.78, 5) is 33.1. The zero-order chi connectivity index (χ0) is 24.9. The van der Waals surface area contributed by atoms with Gasteiger partial charge in [-0.25, -0.2) is 9.78 Å². The van der Waals surface area contributed by atoms with Crippen molar-refractivity contribution >= 4 is 28.7 Å². The minimum Gasteiger partial charge on any atom is -0.491 e. The van der Waals surface area contributed by atoms with E-state index in [1.165, 1.54) is 19.3 Å². The quantitative estimate of drug-likeness (QED) is 0.531. The van der Waals surface area contributed by atoms with Gasteiger partial charge < -0.3 is 15.0 Å². The van der Waals surface area contributed by atoms with Gasteiger partial charge in [0.15, 0.2) is 5.65 Å². The van der Waals surface area contributed by atoms with Crippen molar-refractivity contribution < 1.29 is 14.3 Å². The van der Waals surface area contributed by atoms with Gasteiger partial charge in [-0.05, 0) is 64.9 Å². The van der Waals surface area contributed by atoms with Crippen molar-refractivity contribution in [2.24, 2.45) is 7.05 Å². The molecule has 0 bridgehead atoms. The molecule has 0 saturated carbocycles. The molecule has 0 atom stereocenters. The molecule has 3 amide bonds. The van der Waals surface area contributed by atoms with E-state index in [4.69, 9.17) is 9.72 Å². The van der Waals surface area contributed by atoms with Crippen LogP contribution in [0.25, 0.3) is 11.0 Å². The lowest BCUT2D eigenvalue weighted by Gasteiger charge is -2.26. The number of hydrogen-bond donors (Lipinski definition) is 2. The topological polar surface area (TPSA) is 101 Å². The van der Waals surface area contributed by atoms with Crippen LogP contribution in [-0.4, -0.2) is 57.3 Å². The number of likely N-dealkylation sites (tertiary alicyclic amines) is 1. The average Bonchev–Trinajstić information content (AvgIpc) is 3.10. The third kappa shape index (κ3) is 6.16. The summed E-state index contributed by atoms with van der Waals surface area (Å²) < 4.78 is 7.41. The number of hydrogen-bond acceptors (Lipinski definition) is 6. The zero-order valence-corrected chi connectivity index (χ0v) is 20.9. The zero-order valence-electron chi connectivity index (χ0n) is 20.9. The highest BCUT2D eigenvalue weighted by Crippen LogP contribution is 2.22. The number of nitrogens with one attached hydrogen (secondary N) is 2. The second kappa shape index (κ2) is 10.9. The van der Waals surface area contributed by atoms with Crippen LogP contribution in [0.15, 0.2) is 30.3 Å². The first-order valence-corrected chi connectivity index (χ1v) is 12.2. The highest BCUT2D eigenvalue weighted by molar-refractivity contribution is 6.09. The fourth-order valence-corrected chi connectivity index (χ4v) is 4.47. The molecule has 1 saturated heterocycles. The van der Waals surface area contributed by atoms with Crippen LogP contribution in [0.3, 0.4) is 0 Å². The summed E-state index contributed by atoms with van der Waals surface area (Å²) in [5.74, 6) is 0.161. The molecule has 1 aliphatic rings. The molecule has 0 aliphatic carbocycles. The van der Waals surface area contributed by atoms with E-state index in [0.29, 0.717) is 29.1 Å². The van der Waals surface area contributed by atoms with Gasteiger partial charge in [-0.3, -0.25) is 14.8 Å². The Balaban J connectivity index is 1.52. The molecule has 0 radical (unpaired) electrons. The number of urea groups is 1. The van der Waals surface area contributed by atoms with E-state index in [9.17, 15) is 9.59 Å². The van der Waals surface area contributed by atoms with Crippen LogP contribution in [-0.2, 0) is 13.5 Å². The van der Waals surface area contributed by atoms with E-state index >= 15 is 0 Å². The second-order valence-corrected chi connectivity index (χ2v) is 9.32. The molecule has 186 valence electrons. The Bertz CT molecular complexity index is 1210. The van der Waals surface area contributed by atoms with Crippen molar-refractivity contribution in [2.45, 2.75) is 52.6 Å². The number of nitrogens with zero attached hydrogens (tertiary/aromatic N) is 4. The number of aryl methyl sites for hydroxylation is 2. The Morgan fingerprint density at radius 1 is 1.14 bits per heavy atom. The Morgan fingerprint density at radius 2 is 1.91 bits per heavy atom. The second-order valence-electron chi connectivity index (χ2n) is 9.32. The van der Waals surface area contributed by atoms with E-state index < -0.39 is 11.9 Å². The number of rotatable bonds is 7. The first-order valence-electron chi connectivity index (χ1n) is 12.2. The largest absolute Gasteiger partial charge is 0.491 e. The van der Waals surface area contributed by atoms with Gasteiger partial charge in [-0.2, -0.15) is 5.10 Å². The molecular formula is C26H34N6O3. The van der Waals surface area contributed by atoms with Crippen LogP contribution in [0.1, 0.15) is 54.9 Å². The van der Waals surface area contributed by atoms with E-state index in [1.54, 1.807) is 28.9 Å². The molecule has 0 unspecified atom stereocenters. The monoisotopic (exact) mass is 478 g/mol. The Hall–Kier alpha value is -3.46. The van der Waals surface area contributed by atoms with E-state index in [2.05, 4.69) is 20.6 Å². The molecule has 1 aromatic carbocycles. The van der Waals surface area contributed by atoms with Gasteiger partial charge in [0.05, 0.1) is 23.1 Å². The predicted molar refractivity (Wildman–Crippen MR) is 136 cm³/mol. The number of carbonyl (C=O) groups excluding carboxylic acids is 2. The lowest BCUT2D eigenvalue weighted by Crippen LogP contribution is -2.36. The number of pyridine rings is 1. The number of imide groups is 1. The van der Waals surface area contributed by atoms with Crippen molar-refractivity contribution in [2.75, 3.05) is 25.0 Å². The SMILES string of the molecule is Cc1nn(C)c2nc(CCN3CCCCC3)c(C(=O)NC(=O)Nc3cccc(OC(C)C)c3)cc12. The summed E-state index contributed by atoms with van der Waals surface area (Å²) in [6.07, 6.45) is 4.31. The van der Waals surface area contributed by atoms with Gasteiger partial charge in [0, 0.05) is 37.2 Å². The van der Waals surface area contributed by atoms with Gasteiger partial charge in [0.25, 0.3) is 5.91 Å². The summed E-state index contributed by atoms with van der Waals surface area (Å²) >= 11 is 0. The van der Waals surface area contributed by atoms with E-state index in [-0.39, 0.29) is 6.10 Å². The van der Waals surface area contributed by atoms with Gasteiger partial charge in [0.1, 0.15) is 5.75 Å². The van der Waals surface area contributed by atoms with Crippen molar-refractivity contribution in [3.05, 3.63) is 47.3 Å². The third-order valence-corrected chi connectivity index (χ3v) is 6.13. The lowest BCUT2D eigenvalue weighted by atomic mass is 10.1. The fourth-order valence-electron chi connectivity index (χ4n) is 4.47. The molecule has 3 aromatic rings. The fraction of sp³-hybridized carbons (Fsp3) is 0.462. The smallest absolute Gasteiger partial charge is 0.326 e. The number of piperidine rings is 1. The predicted octanol–water partition coefficient (Wildman–Crippen LogP) is 4.05. The van der Waals surface area contributed by atoms with Crippen LogP contribution >= 0.6 is 0 Å². The number of anilines is 1. The molecule has 9 heteroatoms. The van der Waals surface area contributed by atoms with E-state index in [0.717, 1.165) is 36.4 Å². The molecule has 35 heavy (non-hydrogen) atoms. The molecule has 2 aromatic heterocycles. The number of benzene rings is 1. The normalized spacial score (nSPS) is 14.3. The number of aromatic nitrogens is 3. The summed E-state index contributed by atoms with van der Waals surface area (Å²) in [6.45, 7) is 8.71. The van der Waals surface area contributed by atoms with Crippen LogP contribution in [0.4, 0.5) is 10.5 Å². The van der Waals surface area contributed by atoms with Crippen molar-refractivity contribution in [3.63, 3.8) is 0 Å².